The first kappa shape index (κ1) is 12.0. The van der Waals surface area contributed by atoms with Gasteiger partial charge in [0.25, 0.3) is 0 Å². The summed E-state index contributed by atoms with van der Waals surface area (Å²) in [6.45, 7) is 7.03. The molecule has 1 atom stereocenters. The monoisotopic (exact) mass is 207 g/mol. The molecule has 1 unspecified atom stereocenters. The van der Waals surface area contributed by atoms with Gasteiger partial charge in [-0.05, 0) is 37.5 Å². The molecule has 0 spiro atoms. The van der Waals surface area contributed by atoms with Crippen molar-refractivity contribution in [2.24, 2.45) is 5.73 Å². The van der Waals surface area contributed by atoms with E-state index in [1.807, 2.05) is 6.20 Å². The lowest BCUT2D eigenvalue weighted by Crippen LogP contribution is -2.29. The SMILES string of the molecule is CCC(C)N(C)c1ncc(CN)cc1C. The predicted molar refractivity (Wildman–Crippen MR) is 65.0 cm³/mol. The van der Waals surface area contributed by atoms with Gasteiger partial charge in [0.05, 0.1) is 0 Å². The van der Waals surface area contributed by atoms with Gasteiger partial charge in [-0.15, -0.1) is 0 Å². The van der Waals surface area contributed by atoms with Gasteiger partial charge in [0.2, 0.25) is 0 Å². The van der Waals surface area contributed by atoms with Crippen molar-refractivity contribution in [2.45, 2.75) is 39.8 Å². The molecule has 0 fully saturated rings. The van der Waals surface area contributed by atoms with Crippen molar-refractivity contribution in [2.75, 3.05) is 11.9 Å². The highest BCUT2D eigenvalue weighted by Gasteiger charge is 2.11. The van der Waals surface area contributed by atoms with Gasteiger partial charge in [-0.3, -0.25) is 0 Å². The molecule has 0 bridgehead atoms. The van der Waals surface area contributed by atoms with Gasteiger partial charge in [-0.2, -0.15) is 0 Å². The molecule has 0 aliphatic heterocycles. The smallest absolute Gasteiger partial charge is 0.131 e. The van der Waals surface area contributed by atoms with E-state index in [9.17, 15) is 0 Å². The molecule has 1 aromatic heterocycles. The van der Waals surface area contributed by atoms with Crippen LogP contribution in [0.25, 0.3) is 0 Å². The summed E-state index contributed by atoms with van der Waals surface area (Å²) < 4.78 is 0. The molecule has 0 aliphatic rings. The number of aromatic nitrogens is 1. The normalized spacial score (nSPS) is 12.6. The highest BCUT2D eigenvalue weighted by atomic mass is 15.2. The van der Waals surface area contributed by atoms with Crippen LogP contribution in [0.5, 0.6) is 0 Å². The lowest BCUT2D eigenvalue weighted by molar-refractivity contribution is 0.655. The van der Waals surface area contributed by atoms with Crippen molar-refractivity contribution < 1.29 is 0 Å². The van der Waals surface area contributed by atoms with E-state index in [1.54, 1.807) is 0 Å². The second-order valence-electron chi connectivity index (χ2n) is 4.06. The lowest BCUT2D eigenvalue weighted by Gasteiger charge is -2.26. The highest BCUT2D eigenvalue weighted by molar-refractivity contribution is 5.47. The predicted octanol–water partition coefficient (Wildman–Crippen LogP) is 2.08. The average molecular weight is 207 g/mol. The summed E-state index contributed by atoms with van der Waals surface area (Å²) in [5, 5.41) is 0. The van der Waals surface area contributed by atoms with Crippen LogP contribution in [0.1, 0.15) is 31.4 Å². The third-order valence-electron chi connectivity index (χ3n) is 2.93. The van der Waals surface area contributed by atoms with E-state index in [0.717, 1.165) is 17.8 Å². The Morgan fingerprint density at radius 3 is 2.67 bits per heavy atom. The summed E-state index contributed by atoms with van der Waals surface area (Å²) in [6.07, 6.45) is 2.98. The summed E-state index contributed by atoms with van der Waals surface area (Å²) in [6, 6.07) is 2.63. The van der Waals surface area contributed by atoms with Gasteiger partial charge < -0.3 is 10.6 Å². The van der Waals surface area contributed by atoms with Gasteiger partial charge in [-0.1, -0.05) is 6.92 Å². The van der Waals surface area contributed by atoms with Crippen molar-refractivity contribution in [1.29, 1.82) is 0 Å². The number of aryl methyl sites for hydroxylation is 1. The Balaban J connectivity index is 2.95. The Labute approximate surface area is 92.3 Å². The largest absolute Gasteiger partial charge is 0.357 e. The molecule has 0 saturated heterocycles. The fourth-order valence-electron chi connectivity index (χ4n) is 1.59. The maximum Gasteiger partial charge on any atom is 0.131 e. The molecule has 1 heterocycles. The molecule has 0 radical (unpaired) electrons. The van der Waals surface area contributed by atoms with Gasteiger partial charge in [0, 0.05) is 25.8 Å². The number of anilines is 1. The molecule has 1 rings (SSSR count). The van der Waals surface area contributed by atoms with Crippen LogP contribution in [0, 0.1) is 6.92 Å². The van der Waals surface area contributed by atoms with E-state index in [0.29, 0.717) is 12.6 Å². The van der Waals surface area contributed by atoms with Crippen molar-refractivity contribution in [3.63, 3.8) is 0 Å². The molecular weight excluding hydrogens is 186 g/mol. The van der Waals surface area contributed by atoms with Crippen LogP contribution in [0.3, 0.4) is 0 Å². The Kier molecular flexibility index (Phi) is 4.09. The standard InChI is InChI=1S/C12H21N3/c1-5-10(3)15(4)12-9(2)6-11(7-13)8-14-12/h6,8,10H,5,7,13H2,1-4H3. The van der Waals surface area contributed by atoms with Gasteiger partial charge >= 0.3 is 0 Å². The zero-order chi connectivity index (χ0) is 11.4. The molecule has 3 heteroatoms. The molecule has 0 saturated carbocycles. The zero-order valence-electron chi connectivity index (χ0n) is 10.1. The van der Waals surface area contributed by atoms with E-state index < -0.39 is 0 Å². The second kappa shape index (κ2) is 5.12. The zero-order valence-corrected chi connectivity index (χ0v) is 10.1. The molecule has 0 amide bonds. The first-order valence-electron chi connectivity index (χ1n) is 5.48. The lowest BCUT2D eigenvalue weighted by atomic mass is 10.1. The Morgan fingerprint density at radius 2 is 2.20 bits per heavy atom. The maximum atomic E-state index is 5.58. The number of hydrogen-bond acceptors (Lipinski definition) is 3. The van der Waals surface area contributed by atoms with Crippen molar-refractivity contribution in [3.8, 4) is 0 Å². The quantitative estimate of drug-likeness (QED) is 0.822. The summed E-state index contributed by atoms with van der Waals surface area (Å²) in [4.78, 5) is 6.68. The molecule has 15 heavy (non-hydrogen) atoms. The summed E-state index contributed by atoms with van der Waals surface area (Å²) in [5.74, 6) is 1.06. The number of pyridine rings is 1. The third kappa shape index (κ3) is 2.69. The molecule has 0 aliphatic carbocycles. The average Bonchev–Trinajstić information content (AvgIpc) is 2.26. The van der Waals surface area contributed by atoms with Crippen molar-refractivity contribution in [3.05, 3.63) is 23.4 Å². The first-order chi connectivity index (χ1) is 7.10. The third-order valence-corrected chi connectivity index (χ3v) is 2.93. The molecular formula is C12H21N3. The second-order valence-corrected chi connectivity index (χ2v) is 4.06. The molecule has 1 aromatic rings. The number of nitrogens with two attached hydrogens (primary N) is 1. The maximum absolute atomic E-state index is 5.58. The number of nitrogens with zero attached hydrogens (tertiary/aromatic N) is 2. The van der Waals surface area contributed by atoms with Gasteiger partial charge in [0.15, 0.2) is 0 Å². The summed E-state index contributed by atoms with van der Waals surface area (Å²) in [7, 11) is 2.09. The van der Waals surface area contributed by atoms with Crippen LogP contribution < -0.4 is 10.6 Å². The minimum Gasteiger partial charge on any atom is -0.357 e. The number of hydrogen-bond donors (Lipinski definition) is 1. The van der Waals surface area contributed by atoms with Crippen LogP contribution in [0.15, 0.2) is 12.3 Å². The van der Waals surface area contributed by atoms with Crippen LogP contribution >= 0.6 is 0 Å². The minimum absolute atomic E-state index is 0.514. The highest BCUT2D eigenvalue weighted by Crippen LogP contribution is 2.19. The van der Waals surface area contributed by atoms with E-state index >= 15 is 0 Å². The molecule has 84 valence electrons. The van der Waals surface area contributed by atoms with Crippen LogP contribution in [-0.4, -0.2) is 18.1 Å². The fraction of sp³-hybridized carbons (Fsp3) is 0.583. The van der Waals surface area contributed by atoms with Crippen LogP contribution in [0.2, 0.25) is 0 Å². The van der Waals surface area contributed by atoms with Crippen molar-refractivity contribution in [1.82, 2.24) is 4.98 Å². The Bertz CT molecular complexity index is 323. The van der Waals surface area contributed by atoms with E-state index in [1.165, 1.54) is 5.56 Å². The minimum atomic E-state index is 0.514. The van der Waals surface area contributed by atoms with Gasteiger partial charge in [-0.25, -0.2) is 4.98 Å². The topological polar surface area (TPSA) is 42.2 Å². The van der Waals surface area contributed by atoms with E-state index in [4.69, 9.17) is 5.73 Å². The fourth-order valence-corrected chi connectivity index (χ4v) is 1.59. The van der Waals surface area contributed by atoms with Crippen LogP contribution in [-0.2, 0) is 6.54 Å². The molecule has 0 aromatic carbocycles. The van der Waals surface area contributed by atoms with E-state index in [-0.39, 0.29) is 0 Å². The van der Waals surface area contributed by atoms with E-state index in [2.05, 4.69) is 43.8 Å². The number of rotatable bonds is 4. The summed E-state index contributed by atoms with van der Waals surface area (Å²) in [5.41, 5.74) is 7.86. The molecule has 3 nitrogen and oxygen atoms in total. The van der Waals surface area contributed by atoms with Gasteiger partial charge in [0.1, 0.15) is 5.82 Å². The Hall–Kier alpha value is -1.09. The summed E-state index contributed by atoms with van der Waals surface area (Å²) >= 11 is 0. The first-order valence-corrected chi connectivity index (χ1v) is 5.48. The Morgan fingerprint density at radius 1 is 1.53 bits per heavy atom. The van der Waals surface area contributed by atoms with Crippen LogP contribution in [0.4, 0.5) is 5.82 Å². The van der Waals surface area contributed by atoms with Crippen molar-refractivity contribution >= 4 is 5.82 Å². The molecule has 2 N–H and O–H groups in total.